The highest BCUT2D eigenvalue weighted by molar-refractivity contribution is 7.17. The first kappa shape index (κ1) is 17.4. The standard InChI is InChI=1S/C18H22N4O2S/c1-5-13-10-14(16(24-7-3)11-15(13)23-6-2)8-9-17-21-22-12(4)19-20-18(22)25-17/h8-11H,5-7H2,1-4H3/b9-8+. The Bertz CT molecular complexity index is 898. The molecule has 0 aliphatic heterocycles. The van der Waals surface area contributed by atoms with Gasteiger partial charge in [-0.3, -0.25) is 0 Å². The largest absolute Gasteiger partial charge is 0.493 e. The zero-order valence-corrected chi connectivity index (χ0v) is 15.8. The van der Waals surface area contributed by atoms with Crippen molar-refractivity contribution in [2.45, 2.75) is 34.1 Å². The van der Waals surface area contributed by atoms with E-state index in [1.165, 1.54) is 16.9 Å². The highest BCUT2D eigenvalue weighted by atomic mass is 32.1. The summed E-state index contributed by atoms with van der Waals surface area (Å²) in [5.74, 6) is 2.49. The summed E-state index contributed by atoms with van der Waals surface area (Å²) in [4.78, 5) is 0.795. The summed E-state index contributed by atoms with van der Waals surface area (Å²) in [6.07, 6.45) is 4.91. The van der Waals surface area contributed by atoms with Crippen LogP contribution in [0, 0.1) is 6.92 Å². The third-order valence-electron chi connectivity index (χ3n) is 3.74. The van der Waals surface area contributed by atoms with Crippen LogP contribution in [-0.2, 0) is 6.42 Å². The average molecular weight is 358 g/mol. The van der Waals surface area contributed by atoms with Crippen molar-refractivity contribution < 1.29 is 9.47 Å². The Morgan fingerprint density at radius 3 is 2.48 bits per heavy atom. The highest BCUT2D eigenvalue weighted by Crippen LogP contribution is 2.31. The Morgan fingerprint density at radius 2 is 1.80 bits per heavy atom. The molecule has 7 heteroatoms. The molecule has 0 N–H and O–H groups in total. The molecule has 0 atom stereocenters. The molecule has 0 aliphatic carbocycles. The molecule has 3 aromatic rings. The molecule has 0 bridgehead atoms. The average Bonchev–Trinajstić information content (AvgIpc) is 3.16. The van der Waals surface area contributed by atoms with E-state index in [1.54, 1.807) is 4.52 Å². The molecule has 2 aromatic heterocycles. The van der Waals surface area contributed by atoms with Crippen LogP contribution in [0.5, 0.6) is 11.5 Å². The van der Waals surface area contributed by atoms with Gasteiger partial charge in [0.15, 0.2) is 5.82 Å². The van der Waals surface area contributed by atoms with Gasteiger partial charge in [0.25, 0.3) is 0 Å². The van der Waals surface area contributed by atoms with E-state index in [4.69, 9.17) is 9.47 Å². The summed E-state index contributed by atoms with van der Waals surface area (Å²) in [6, 6.07) is 4.10. The molecule has 0 aliphatic rings. The summed E-state index contributed by atoms with van der Waals surface area (Å²) >= 11 is 1.50. The lowest BCUT2D eigenvalue weighted by molar-refractivity contribution is 0.320. The predicted molar refractivity (Wildman–Crippen MR) is 100 cm³/mol. The Kier molecular flexibility index (Phi) is 5.33. The number of nitrogens with zero attached hydrogens (tertiary/aromatic N) is 4. The maximum Gasteiger partial charge on any atom is 0.234 e. The molecule has 132 valence electrons. The number of aromatic nitrogens is 4. The van der Waals surface area contributed by atoms with Gasteiger partial charge in [0.1, 0.15) is 16.5 Å². The van der Waals surface area contributed by atoms with Crippen LogP contribution in [0.4, 0.5) is 0 Å². The molecule has 2 heterocycles. The second-order valence-electron chi connectivity index (χ2n) is 5.43. The second-order valence-corrected chi connectivity index (χ2v) is 6.42. The molecule has 0 unspecified atom stereocenters. The van der Waals surface area contributed by atoms with E-state index >= 15 is 0 Å². The summed E-state index contributed by atoms with van der Waals surface area (Å²) in [7, 11) is 0. The van der Waals surface area contributed by atoms with Gasteiger partial charge in [0, 0.05) is 11.6 Å². The third kappa shape index (κ3) is 3.66. The SMILES string of the molecule is CCOc1cc(OCC)c(CC)cc1/C=C/c1nn2c(C)nnc2s1. The second kappa shape index (κ2) is 7.65. The molecule has 0 radical (unpaired) electrons. The smallest absolute Gasteiger partial charge is 0.234 e. The maximum atomic E-state index is 5.80. The number of rotatable bonds is 7. The minimum absolute atomic E-state index is 0.605. The van der Waals surface area contributed by atoms with Crippen molar-refractivity contribution in [2.24, 2.45) is 0 Å². The molecule has 0 saturated heterocycles. The number of aryl methyl sites for hydroxylation is 2. The lowest BCUT2D eigenvalue weighted by atomic mass is 10.1. The van der Waals surface area contributed by atoms with Crippen molar-refractivity contribution >= 4 is 28.4 Å². The van der Waals surface area contributed by atoms with Gasteiger partial charge in [-0.25, -0.2) is 0 Å². The lowest BCUT2D eigenvalue weighted by Crippen LogP contribution is -2.00. The number of hydrogen-bond acceptors (Lipinski definition) is 6. The maximum absolute atomic E-state index is 5.80. The molecule has 1 aromatic carbocycles. The Morgan fingerprint density at radius 1 is 1.04 bits per heavy atom. The summed E-state index contributed by atoms with van der Waals surface area (Å²) in [6.45, 7) is 9.22. The van der Waals surface area contributed by atoms with Crippen LogP contribution in [0.2, 0.25) is 0 Å². The van der Waals surface area contributed by atoms with Crippen molar-refractivity contribution in [2.75, 3.05) is 13.2 Å². The topological polar surface area (TPSA) is 61.5 Å². The molecular formula is C18H22N4O2S. The fourth-order valence-corrected chi connectivity index (χ4v) is 3.35. The van der Waals surface area contributed by atoms with Crippen LogP contribution in [0.15, 0.2) is 12.1 Å². The zero-order valence-electron chi connectivity index (χ0n) is 14.9. The van der Waals surface area contributed by atoms with Crippen LogP contribution in [0.3, 0.4) is 0 Å². The number of hydrogen-bond donors (Lipinski definition) is 0. The van der Waals surface area contributed by atoms with E-state index in [1.807, 2.05) is 39.0 Å². The minimum atomic E-state index is 0.605. The van der Waals surface area contributed by atoms with Crippen LogP contribution in [0.1, 0.15) is 42.7 Å². The number of fused-ring (bicyclic) bond motifs is 1. The van der Waals surface area contributed by atoms with Gasteiger partial charge in [0.05, 0.1) is 13.2 Å². The van der Waals surface area contributed by atoms with Crippen LogP contribution in [-0.4, -0.2) is 33.0 Å². The third-order valence-corrected chi connectivity index (χ3v) is 4.61. The Balaban J connectivity index is 1.96. The number of ether oxygens (including phenoxy) is 2. The van der Waals surface area contributed by atoms with Crippen molar-refractivity contribution in [1.29, 1.82) is 0 Å². The summed E-state index contributed by atoms with van der Waals surface area (Å²) in [5.41, 5.74) is 2.18. The van der Waals surface area contributed by atoms with Crippen LogP contribution in [0.25, 0.3) is 17.1 Å². The number of benzene rings is 1. The van der Waals surface area contributed by atoms with Gasteiger partial charge < -0.3 is 9.47 Å². The molecular weight excluding hydrogens is 336 g/mol. The van der Waals surface area contributed by atoms with Crippen LogP contribution >= 0.6 is 11.3 Å². The Labute approximate surface area is 151 Å². The normalized spacial score (nSPS) is 11.5. The van der Waals surface area contributed by atoms with E-state index in [0.29, 0.717) is 13.2 Å². The molecule has 0 saturated carbocycles. The van der Waals surface area contributed by atoms with Crippen molar-refractivity contribution in [3.05, 3.63) is 34.1 Å². The zero-order chi connectivity index (χ0) is 17.8. The van der Waals surface area contributed by atoms with Crippen molar-refractivity contribution in [3.8, 4) is 11.5 Å². The van der Waals surface area contributed by atoms with E-state index in [9.17, 15) is 0 Å². The first-order valence-corrected chi connectivity index (χ1v) is 9.27. The quantitative estimate of drug-likeness (QED) is 0.638. The molecule has 0 fully saturated rings. The first-order valence-electron chi connectivity index (χ1n) is 8.45. The van der Waals surface area contributed by atoms with E-state index in [2.05, 4.69) is 28.3 Å². The summed E-state index contributed by atoms with van der Waals surface area (Å²) < 4.78 is 13.3. The van der Waals surface area contributed by atoms with Gasteiger partial charge in [0.2, 0.25) is 4.96 Å². The molecule has 6 nitrogen and oxygen atoms in total. The molecule has 25 heavy (non-hydrogen) atoms. The van der Waals surface area contributed by atoms with Gasteiger partial charge in [-0.2, -0.15) is 9.61 Å². The molecule has 0 amide bonds. The molecule has 3 rings (SSSR count). The summed E-state index contributed by atoms with van der Waals surface area (Å²) in [5, 5.41) is 13.5. The van der Waals surface area contributed by atoms with Crippen molar-refractivity contribution in [1.82, 2.24) is 19.8 Å². The fourth-order valence-electron chi connectivity index (χ4n) is 2.56. The van der Waals surface area contributed by atoms with Gasteiger partial charge >= 0.3 is 0 Å². The van der Waals surface area contributed by atoms with Gasteiger partial charge in [-0.15, -0.1) is 10.2 Å². The van der Waals surface area contributed by atoms with Gasteiger partial charge in [-0.05, 0) is 51.0 Å². The van der Waals surface area contributed by atoms with Gasteiger partial charge in [-0.1, -0.05) is 18.3 Å². The predicted octanol–water partition coefficient (Wildman–Crippen LogP) is 4.02. The molecule has 0 spiro atoms. The highest BCUT2D eigenvalue weighted by Gasteiger charge is 2.10. The van der Waals surface area contributed by atoms with E-state index < -0.39 is 0 Å². The fraction of sp³-hybridized carbons (Fsp3) is 0.389. The monoisotopic (exact) mass is 358 g/mol. The van der Waals surface area contributed by atoms with Crippen molar-refractivity contribution in [3.63, 3.8) is 0 Å². The minimum Gasteiger partial charge on any atom is -0.493 e. The lowest BCUT2D eigenvalue weighted by Gasteiger charge is -2.14. The Hall–Kier alpha value is -2.41. The van der Waals surface area contributed by atoms with E-state index in [0.717, 1.165) is 39.3 Å². The first-order chi connectivity index (χ1) is 12.2. The van der Waals surface area contributed by atoms with E-state index in [-0.39, 0.29) is 0 Å². The van der Waals surface area contributed by atoms with Crippen LogP contribution < -0.4 is 9.47 Å².